The second-order valence-electron chi connectivity index (χ2n) is 8.65. The summed E-state index contributed by atoms with van der Waals surface area (Å²) < 4.78 is 41.2. The number of nitrogens with zero attached hydrogens (tertiary/aromatic N) is 2. The van der Waals surface area contributed by atoms with E-state index in [1.54, 1.807) is 18.3 Å². The molecule has 3 aromatic rings. The molecule has 10 heteroatoms. The van der Waals surface area contributed by atoms with Crippen molar-refractivity contribution in [1.29, 1.82) is 0 Å². The molecule has 172 valence electrons. The lowest BCUT2D eigenvalue weighted by Crippen LogP contribution is -2.51. The molecule has 1 aromatic carbocycles. The van der Waals surface area contributed by atoms with Gasteiger partial charge in [0.1, 0.15) is 5.82 Å². The number of amides is 2. The zero-order chi connectivity index (χ0) is 23.3. The zero-order valence-corrected chi connectivity index (χ0v) is 17.9. The third kappa shape index (κ3) is 3.90. The van der Waals surface area contributed by atoms with Gasteiger partial charge >= 0.3 is 6.03 Å². The predicted octanol–water partition coefficient (Wildman–Crippen LogP) is 4.60. The second-order valence-corrected chi connectivity index (χ2v) is 8.65. The van der Waals surface area contributed by atoms with Crippen LogP contribution in [-0.4, -0.2) is 34.5 Å². The van der Waals surface area contributed by atoms with Crippen molar-refractivity contribution in [3.63, 3.8) is 0 Å². The smallest absolute Gasteiger partial charge is 0.320 e. The number of carbonyl (C=O) groups excluding carboxylic acids is 1. The highest BCUT2D eigenvalue weighted by molar-refractivity contribution is 5.99. The molecule has 0 spiro atoms. The number of halogens is 3. The summed E-state index contributed by atoms with van der Waals surface area (Å²) in [5.74, 6) is -3.09. The van der Waals surface area contributed by atoms with E-state index in [-0.39, 0.29) is 24.3 Å². The lowest BCUT2D eigenvalue weighted by atomic mass is 9.88. The highest BCUT2D eigenvalue weighted by Gasteiger charge is 2.45. The zero-order valence-electron chi connectivity index (χ0n) is 17.9. The minimum absolute atomic E-state index is 0.0484. The molecule has 33 heavy (non-hydrogen) atoms. The number of benzene rings is 1. The van der Waals surface area contributed by atoms with Crippen LogP contribution in [0.3, 0.4) is 0 Å². The number of alkyl halides is 2. The number of anilines is 3. The number of nitrogens with one attached hydrogen (secondary N) is 3. The van der Waals surface area contributed by atoms with Gasteiger partial charge in [-0.15, -0.1) is 0 Å². The van der Waals surface area contributed by atoms with E-state index >= 15 is 4.39 Å². The van der Waals surface area contributed by atoms with Crippen molar-refractivity contribution in [3.8, 4) is 11.1 Å². The van der Waals surface area contributed by atoms with Gasteiger partial charge < -0.3 is 16.4 Å². The Hall–Kier alpha value is -3.56. The van der Waals surface area contributed by atoms with E-state index in [9.17, 15) is 13.6 Å². The number of nitrogen functional groups attached to an aromatic ring is 1. The summed E-state index contributed by atoms with van der Waals surface area (Å²) in [6.07, 6.45) is 4.14. The highest BCUT2D eigenvalue weighted by atomic mass is 19.3. The van der Waals surface area contributed by atoms with Gasteiger partial charge in [-0.1, -0.05) is 0 Å². The van der Waals surface area contributed by atoms with E-state index in [4.69, 9.17) is 5.73 Å². The van der Waals surface area contributed by atoms with Crippen molar-refractivity contribution in [2.24, 2.45) is 0 Å². The van der Waals surface area contributed by atoms with Crippen LogP contribution < -0.4 is 21.7 Å². The Balaban J connectivity index is 1.46. The Morgan fingerprint density at radius 1 is 1.21 bits per heavy atom. The molecule has 3 heterocycles. The molecule has 1 fully saturated rings. The maximum absolute atomic E-state index is 15.2. The van der Waals surface area contributed by atoms with Crippen molar-refractivity contribution < 1.29 is 18.0 Å². The van der Waals surface area contributed by atoms with Gasteiger partial charge in [0.05, 0.1) is 17.1 Å². The summed E-state index contributed by atoms with van der Waals surface area (Å²) >= 11 is 0. The summed E-state index contributed by atoms with van der Waals surface area (Å²) in [4.78, 5) is 20.8. The van der Waals surface area contributed by atoms with Crippen LogP contribution in [0.15, 0.2) is 24.5 Å². The fourth-order valence-corrected chi connectivity index (χ4v) is 4.48. The van der Waals surface area contributed by atoms with Crippen LogP contribution in [0.1, 0.15) is 30.5 Å². The summed E-state index contributed by atoms with van der Waals surface area (Å²) in [5, 5.41) is 9.36. The number of aryl methyl sites for hydroxylation is 1. The summed E-state index contributed by atoms with van der Waals surface area (Å²) in [7, 11) is 0. The van der Waals surface area contributed by atoms with Crippen molar-refractivity contribution in [2.45, 2.75) is 44.6 Å². The van der Waals surface area contributed by atoms with E-state index in [2.05, 4.69) is 25.9 Å². The van der Waals surface area contributed by atoms with Gasteiger partial charge in [-0.2, -0.15) is 0 Å². The van der Waals surface area contributed by atoms with Crippen molar-refractivity contribution in [2.75, 3.05) is 22.9 Å². The van der Waals surface area contributed by atoms with Crippen LogP contribution in [0.25, 0.3) is 21.9 Å². The number of aromatic nitrogens is 2. The molecule has 0 radical (unpaired) electrons. The number of hydrogen-bond acceptors (Lipinski definition) is 5. The first kappa shape index (κ1) is 21.3. The SMILES string of the molecule is Cc1c(-c2cc3cc(NC(=O)NC4CC(F)(F)C4)ncc3c(N)c2F)cnc2c1NCCC2. The number of hydrogen-bond donors (Lipinski definition) is 4. The molecule has 1 saturated carbocycles. The van der Waals surface area contributed by atoms with Crippen LogP contribution >= 0.6 is 0 Å². The standard InChI is InChI=1S/C23H23F3N6O/c1-11-15(9-29-17-3-2-4-28-21(11)17)14-5-12-6-18(30-10-16(12)20(27)19(14)24)32-22(33)31-13-7-23(25,26)8-13/h5-6,9-10,13,28H,2-4,7-8,27H2,1H3,(H2,30,31,32,33). The van der Waals surface area contributed by atoms with E-state index in [1.807, 2.05) is 6.92 Å². The third-order valence-corrected chi connectivity index (χ3v) is 6.27. The molecule has 5 N–H and O–H groups in total. The third-order valence-electron chi connectivity index (χ3n) is 6.27. The quantitative estimate of drug-likeness (QED) is 0.431. The molecule has 2 aliphatic rings. The van der Waals surface area contributed by atoms with E-state index < -0.39 is 23.8 Å². The minimum atomic E-state index is -2.73. The first-order valence-corrected chi connectivity index (χ1v) is 10.8. The maximum atomic E-state index is 15.2. The largest absolute Gasteiger partial charge is 0.396 e. The maximum Gasteiger partial charge on any atom is 0.320 e. The number of urea groups is 1. The van der Waals surface area contributed by atoms with Gasteiger partial charge in [-0.25, -0.2) is 22.9 Å². The summed E-state index contributed by atoms with van der Waals surface area (Å²) in [5.41, 5.74) is 9.75. The molecule has 0 atom stereocenters. The summed E-state index contributed by atoms with van der Waals surface area (Å²) in [6, 6.07) is 2.02. The molecular formula is C23H23F3N6O. The first-order chi connectivity index (χ1) is 15.7. The average molecular weight is 456 g/mol. The lowest BCUT2D eigenvalue weighted by molar-refractivity contribution is -0.0893. The van der Waals surface area contributed by atoms with Gasteiger partial charge in [-0.3, -0.25) is 10.3 Å². The normalized spacial score (nSPS) is 17.1. The number of rotatable bonds is 3. The van der Waals surface area contributed by atoms with E-state index in [0.717, 1.165) is 36.3 Å². The fraction of sp³-hybridized carbons (Fsp3) is 0.348. The van der Waals surface area contributed by atoms with Crippen molar-refractivity contribution in [1.82, 2.24) is 15.3 Å². The molecular weight excluding hydrogens is 433 g/mol. The van der Waals surface area contributed by atoms with Gasteiger partial charge in [-0.05, 0) is 42.8 Å². The Kier molecular flexibility index (Phi) is 5.02. The Morgan fingerprint density at radius 2 is 2.00 bits per heavy atom. The van der Waals surface area contributed by atoms with E-state index in [1.165, 1.54) is 6.20 Å². The van der Waals surface area contributed by atoms with Gasteiger partial charge in [0, 0.05) is 54.3 Å². The number of carbonyl (C=O) groups is 1. The molecule has 7 nitrogen and oxygen atoms in total. The van der Waals surface area contributed by atoms with Gasteiger partial charge in [0.2, 0.25) is 0 Å². The molecule has 0 unspecified atom stereocenters. The molecule has 2 amide bonds. The van der Waals surface area contributed by atoms with Gasteiger partial charge in [0.15, 0.2) is 5.82 Å². The minimum Gasteiger partial charge on any atom is -0.396 e. The monoisotopic (exact) mass is 456 g/mol. The Morgan fingerprint density at radius 3 is 2.76 bits per heavy atom. The van der Waals surface area contributed by atoms with Crippen molar-refractivity contribution in [3.05, 3.63) is 41.6 Å². The molecule has 1 aliphatic heterocycles. The predicted molar refractivity (Wildman–Crippen MR) is 121 cm³/mol. The molecule has 0 bridgehead atoms. The fourth-order valence-electron chi connectivity index (χ4n) is 4.48. The highest BCUT2D eigenvalue weighted by Crippen LogP contribution is 2.39. The van der Waals surface area contributed by atoms with Crippen LogP contribution in [0.5, 0.6) is 0 Å². The topological polar surface area (TPSA) is 105 Å². The van der Waals surface area contributed by atoms with Crippen LogP contribution in [-0.2, 0) is 6.42 Å². The second kappa shape index (κ2) is 7.79. The summed E-state index contributed by atoms with van der Waals surface area (Å²) in [6.45, 7) is 2.75. The Labute approximate surface area is 188 Å². The molecule has 5 rings (SSSR count). The first-order valence-electron chi connectivity index (χ1n) is 10.8. The number of nitrogens with two attached hydrogens (primary N) is 1. The van der Waals surface area contributed by atoms with Crippen LogP contribution in [0.2, 0.25) is 0 Å². The Bertz CT molecular complexity index is 1270. The van der Waals surface area contributed by atoms with Crippen LogP contribution in [0.4, 0.5) is 35.2 Å². The van der Waals surface area contributed by atoms with Crippen LogP contribution in [0, 0.1) is 12.7 Å². The van der Waals surface area contributed by atoms with E-state index in [0.29, 0.717) is 21.9 Å². The molecule has 0 saturated heterocycles. The molecule has 2 aromatic heterocycles. The number of fused-ring (bicyclic) bond motifs is 2. The number of pyridine rings is 2. The van der Waals surface area contributed by atoms with Crippen molar-refractivity contribution >= 4 is 34.0 Å². The lowest BCUT2D eigenvalue weighted by Gasteiger charge is -2.35. The van der Waals surface area contributed by atoms with Gasteiger partial charge in [0.25, 0.3) is 5.92 Å². The average Bonchev–Trinajstić information content (AvgIpc) is 2.75. The molecule has 1 aliphatic carbocycles.